The molecule has 0 bridgehead atoms. The highest BCUT2D eigenvalue weighted by Gasteiger charge is 2.16. The van der Waals surface area contributed by atoms with Gasteiger partial charge in [0.25, 0.3) is 0 Å². The lowest BCUT2D eigenvalue weighted by Gasteiger charge is -2.19. The molecule has 0 saturated heterocycles. The van der Waals surface area contributed by atoms with Crippen LogP contribution in [-0.2, 0) is 7.05 Å². The van der Waals surface area contributed by atoms with E-state index in [1.54, 1.807) is 10.7 Å². The highest BCUT2D eigenvalue weighted by Crippen LogP contribution is 2.25. The summed E-state index contributed by atoms with van der Waals surface area (Å²) in [6, 6.07) is 4.97. The van der Waals surface area contributed by atoms with E-state index in [0.717, 1.165) is 23.2 Å². The summed E-state index contributed by atoms with van der Waals surface area (Å²) < 4.78 is 14.9. The van der Waals surface area contributed by atoms with Crippen molar-refractivity contribution in [1.82, 2.24) is 15.1 Å². The van der Waals surface area contributed by atoms with Crippen LogP contribution in [0, 0.1) is 12.7 Å². The topological polar surface area (TPSA) is 29.9 Å². The molecule has 2 aromatic rings. The Labute approximate surface area is 107 Å². The van der Waals surface area contributed by atoms with Crippen LogP contribution in [0.15, 0.2) is 30.6 Å². The summed E-state index contributed by atoms with van der Waals surface area (Å²) in [5.74, 6) is -0.197. The predicted octanol–water partition coefficient (Wildman–Crippen LogP) is 2.57. The molecule has 18 heavy (non-hydrogen) atoms. The summed E-state index contributed by atoms with van der Waals surface area (Å²) in [4.78, 5) is 0. The predicted molar refractivity (Wildman–Crippen MR) is 69.9 cm³/mol. The van der Waals surface area contributed by atoms with Gasteiger partial charge >= 0.3 is 0 Å². The van der Waals surface area contributed by atoms with Crippen molar-refractivity contribution in [3.8, 4) is 0 Å². The Balaban J connectivity index is 2.41. The van der Waals surface area contributed by atoms with Gasteiger partial charge in [-0.2, -0.15) is 5.10 Å². The van der Waals surface area contributed by atoms with Crippen molar-refractivity contribution >= 4 is 0 Å². The van der Waals surface area contributed by atoms with Gasteiger partial charge in [-0.05, 0) is 36.7 Å². The van der Waals surface area contributed by atoms with Crippen molar-refractivity contribution < 1.29 is 4.39 Å². The maximum atomic E-state index is 13.2. The third kappa shape index (κ3) is 2.59. The van der Waals surface area contributed by atoms with Crippen molar-refractivity contribution in [2.75, 3.05) is 6.54 Å². The van der Waals surface area contributed by atoms with E-state index in [2.05, 4.69) is 17.3 Å². The van der Waals surface area contributed by atoms with Crippen LogP contribution in [0.1, 0.15) is 29.7 Å². The van der Waals surface area contributed by atoms with Crippen molar-refractivity contribution in [2.45, 2.75) is 19.9 Å². The summed E-state index contributed by atoms with van der Waals surface area (Å²) in [7, 11) is 1.89. The molecule has 1 atom stereocenters. The van der Waals surface area contributed by atoms with Crippen molar-refractivity contribution in [3.63, 3.8) is 0 Å². The Kier molecular flexibility index (Phi) is 3.77. The maximum Gasteiger partial charge on any atom is 0.123 e. The number of aromatic nitrogens is 2. The molecule has 0 aliphatic heterocycles. The van der Waals surface area contributed by atoms with Crippen LogP contribution < -0.4 is 5.32 Å². The van der Waals surface area contributed by atoms with Gasteiger partial charge in [0.1, 0.15) is 5.82 Å². The van der Waals surface area contributed by atoms with Crippen LogP contribution in [0.5, 0.6) is 0 Å². The molecular weight excluding hydrogens is 229 g/mol. The zero-order valence-corrected chi connectivity index (χ0v) is 10.9. The van der Waals surface area contributed by atoms with E-state index in [9.17, 15) is 4.39 Å². The molecule has 2 rings (SSSR count). The van der Waals surface area contributed by atoms with Crippen LogP contribution in [-0.4, -0.2) is 16.3 Å². The monoisotopic (exact) mass is 247 g/mol. The van der Waals surface area contributed by atoms with Gasteiger partial charge in [-0.25, -0.2) is 4.39 Å². The molecule has 3 nitrogen and oxygen atoms in total. The second-order valence-electron chi connectivity index (χ2n) is 4.44. The lowest BCUT2D eigenvalue weighted by Crippen LogP contribution is -2.22. The van der Waals surface area contributed by atoms with Gasteiger partial charge in [-0.15, -0.1) is 0 Å². The Morgan fingerprint density at radius 3 is 2.78 bits per heavy atom. The van der Waals surface area contributed by atoms with Gasteiger partial charge in [-0.1, -0.05) is 13.0 Å². The SMILES string of the molecule is CCNC(c1cnn(C)c1)c1ccc(F)cc1C. The second-order valence-corrected chi connectivity index (χ2v) is 4.44. The molecule has 0 amide bonds. The molecule has 0 spiro atoms. The number of hydrogen-bond acceptors (Lipinski definition) is 2. The summed E-state index contributed by atoms with van der Waals surface area (Å²) >= 11 is 0. The minimum atomic E-state index is -0.197. The highest BCUT2D eigenvalue weighted by molar-refractivity contribution is 5.35. The lowest BCUT2D eigenvalue weighted by atomic mass is 9.97. The van der Waals surface area contributed by atoms with E-state index < -0.39 is 0 Å². The number of halogens is 1. The summed E-state index contributed by atoms with van der Waals surface area (Å²) in [6.07, 6.45) is 3.83. The molecule has 0 aliphatic carbocycles. The largest absolute Gasteiger partial charge is 0.306 e. The third-order valence-corrected chi connectivity index (χ3v) is 3.01. The minimum Gasteiger partial charge on any atom is -0.306 e. The molecule has 1 aromatic heterocycles. The molecule has 1 heterocycles. The van der Waals surface area contributed by atoms with Crippen LogP contribution in [0.2, 0.25) is 0 Å². The van der Waals surface area contributed by atoms with Gasteiger partial charge in [0.2, 0.25) is 0 Å². The summed E-state index contributed by atoms with van der Waals surface area (Å²) in [5, 5.41) is 7.61. The molecular formula is C14H18FN3. The lowest BCUT2D eigenvalue weighted by molar-refractivity contribution is 0.609. The van der Waals surface area contributed by atoms with Gasteiger partial charge in [0, 0.05) is 18.8 Å². The Morgan fingerprint density at radius 2 is 2.22 bits per heavy atom. The van der Waals surface area contributed by atoms with Crippen LogP contribution in [0.3, 0.4) is 0 Å². The van der Waals surface area contributed by atoms with E-state index in [0.29, 0.717) is 0 Å². The number of benzene rings is 1. The first-order chi connectivity index (χ1) is 8.61. The number of rotatable bonds is 4. The molecule has 1 N–H and O–H groups in total. The van der Waals surface area contributed by atoms with Crippen LogP contribution in [0.4, 0.5) is 4.39 Å². The van der Waals surface area contributed by atoms with E-state index in [1.807, 2.05) is 32.4 Å². The highest BCUT2D eigenvalue weighted by atomic mass is 19.1. The molecule has 4 heteroatoms. The third-order valence-electron chi connectivity index (χ3n) is 3.01. The first-order valence-corrected chi connectivity index (χ1v) is 6.09. The van der Waals surface area contributed by atoms with Crippen molar-refractivity contribution in [1.29, 1.82) is 0 Å². The zero-order chi connectivity index (χ0) is 13.1. The first kappa shape index (κ1) is 12.8. The number of nitrogens with one attached hydrogen (secondary N) is 1. The van der Waals surface area contributed by atoms with Crippen LogP contribution >= 0.6 is 0 Å². The molecule has 1 unspecified atom stereocenters. The smallest absolute Gasteiger partial charge is 0.123 e. The fourth-order valence-corrected chi connectivity index (χ4v) is 2.16. The minimum absolute atomic E-state index is 0.0595. The van der Waals surface area contributed by atoms with Gasteiger partial charge in [0.05, 0.1) is 12.2 Å². The van der Waals surface area contributed by atoms with E-state index >= 15 is 0 Å². The van der Waals surface area contributed by atoms with Gasteiger partial charge < -0.3 is 5.32 Å². The summed E-state index contributed by atoms with van der Waals surface area (Å²) in [6.45, 7) is 4.83. The fourth-order valence-electron chi connectivity index (χ4n) is 2.16. The maximum absolute atomic E-state index is 13.2. The summed E-state index contributed by atoms with van der Waals surface area (Å²) in [5.41, 5.74) is 3.13. The molecule has 0 radical (unpaired) electrons. The van der Waals surface area contributed by atoms with Crippen molar-refractivity contribution in [2.24, 2.45) is 7.05 Å². The molecule has 1 aromatic carbocycles. The fraction of sp³-hybridized carbons (Fsp3) is 0.357. The Morgan fingerprint density at radius 1 is 1.44 bits per heavy atom. The first-order valence-electron chi connectivity index (χ1n) is 6.09. The van der Waals surface area contributed by atoms with Crippen molar-refractivity contribution in [3.05, 3.63) is 53.1 Å². The number of aryl methyl sites for hydroxylation is 2. The Hall–Kier alpha value is -1.68. The Bertz CT molecular complexity index is 534. The molecule has 0 saturated carbocycles. The van der Waals surface area contributed by atoms with E-state index in [4.69, 9.17) is 0 Å². The normalized spacial score (nSPS) is 12.7. The number of hydrogen-bond donors (Lipinski definition) is 1. The van der Waals surface area contributed by atoms with E-state index in [-0.39, 0.29) is 11.9 Å². The quantitative estimate of drug-likeness (QED) is 0.900. The van der Waals surface area contributed by atoms with Gasteiger partial charge in [0.15, 0.2) is 0 Å². The van der Waals surface area contributed by atoms with Crippen LogP contribution in [0.25, 0.3) is 0 Å². The number of nitrogens with zero attached hydrogens (tertiary/aromatic N) is 2. The average Bonchev–Trinajstić information content (AvgIpc) is 2.73. The average molecular weight is 247 g/mol. The molecule has 0 aliphatic rings. The van der Waals surface area contributed by atoms with E-state index in [1.165, 1.54) is 6.07 Å². The second kappa shape index (κ2) is 5.31. The van der Waals surface area contributed by atoms with Gasteiger partial charge in [-0.3, -0.25) is 4.68 Å². The molecule has 0 fully saturated rings. The zero-order valence-electron chi connectivity index (χ0n) is 10.9. The standard InChI is InChI=1S/C14H18FN3/c1-4-16-14(11-8-17-18(3)9-11)13-6-5-12(15)7-10(13)2/h5-9,14,16H,4H2,1-3H3. The molecule has 96 valence electrons.